The van der Waals surface area contributed by atoms with Gasteiger partial charge in [0, 0.05) is 24.6 Å². The number of cyclic esters (lactones) is 1. The van der Waals surface area contributed by atoms with Gasteiger partial charge in [0.15, 0.2) is 6.10 Å². The molecule has 2 aliphatic rings. The van der Waals surface area contributed by atoms with Crippen LogP contribution in [0.2, 0.25) is 0 Å². The summed E-state index contributed by atoms with van der Waals surface area (Å²) in [7, 11) is 0. The Morgan fingerprint density at radius 2 is 2.15 bits per heavy atom. The van der Waals surface area contributed by atoms with Crippen molar-refractivity contribution in [3.63, 3.8) is 0 Å². The molecular weight excluding hydrogens is 335 g/mol. The van der Waals surface area contributed by atoms with Crippen molar-refractivity contribution >= 4 is 6.09 Å². The average Bonchev–Trinajstić information content (AvgIpc) is 3.30. The van der Waals surface area contributed by atoms with E-state index in [1.807, 2.05) is 6.07 Å². The molecule has 1 unspecified atom stereocenters. The van der Waals surface area contributed by atoms with Crippen LogP contribution in [0.25, 0.3) is 0 Å². The topological polar surface area (TPSA) is 60.5 Å². The second-order valence-electron chi connectivity index (χ2n) is 6.28. The predicted molar refractivity (Wildman–Crippen MR) is 91.6 cm³/mol. The Labute approximate surface area is 150 Å². The number of carbonyl (C=O) groups excluding carboxylic acids is 1. The van der Waals surface area contributed by atoms with Crippen LogP contribution >= 0.6 is 0 Å². The minimum atomic E-state index is -0.624. The number of benzene rings is 1. The largest absolute Gasteiger partial charge is 0.439 e. The number of nitrogens with one attached hydrogen (secondary N) is 1. The fourth-order valence-electron chi connectivity index (χ4n) is 3.17. The summed E-state index contributed by atoms with van der Waals surface area (Å²) in [6.07, 6.45) is 4.09. The molecule has 2 aromatic rings. The molecule has 0 aliphatic carbocycles. The lowest BCUT2D eigenvalue weighted by Crippen LogP contribution is -2.19. The summed E-state index contributed by atoms with van der Waals surface area (Å²) in [4.78, 5) is 16.0. The molecule has 26 heavy (non-hydrogen) atoms. The third kappa shape index (κ3) is 3.53. The van der Waals surface area contributed by atoms with Crippen LogP contribution in [0.3, 0.4) is 0 Å². The number of aromatic nitrogens is 1. The second-order valence-corrected chi connectivity index (χ2v) is 6.28. The molecule has 2 fully saturated rings. The number of hydrogen-bond donors (Lipinski definition) is 1. The lowest BCUT2D eigenvalue weighted by atomic mass is 9.97. The summed E-state index contributed by atoms with van der Waals surface area (Å²) in [5, 5.41) is 2.77. The molecule has 1 aromatic carbocycles. The Bertz CT molecular complexity index is 884. The van der Waals surface area contributed by atoms with E-state index in [1.165, 1.54) is 12.1 Å². The van der Waals surface area contributed by atoms with E-state index >= 15 is 0 Å². The molecule has 3 atom stereocenters. The molecule has 0 bridgehead atoms. The molecule has 3 heterocycles. The van der Waals surface area contributed by atoms with Crippen LogP contribution < -0.4 is 5.32 Å². The van der Waals surface area contributed by atoms with Gasteiger partial charge in [-0.2, -0.15) is 0 Å². The van der Waals surface area contributed by atoms with Crippen LogP contribution in [-0.2, 0) is 9.47 Å². The zero-order valence-electron chi connectivity index (χ0n) is 13.9. The number of nitrogens with zero attached hydrogens (tertiary/aromatic N) is 1. The Kier molecular flexibility index (Phi) is 4.55. The Morgan fingerprint density at radius 1 is 1.23 bits per heavy atom. The van der Waals surface area contributed by atoms with Gasteiger partial charge in [-0.1, -0.05) is 24.0 Å². The van der Waals surface area contributed by atoms with Crippen molar-refractivity contribution in [1.29, 1.82) is 0 Å². The second kappa shape index (κ2) is 7.14. The summed E-state index contributed by atoms with van der Waals surface area (Å²) < 4.78 is 24.4. The van der Waals surface area contributed by atoms with Gasteiger partial charge in [-0.05, 0) is 42.2 Å². The quantitative estimate of drug-likeness (QED) is 0.843. The molecule has 4 rings (SSSR count). The Balaban J connectivity index is 1.60. The summed E-state index contributed by atoms with van der Waals surface area (Å²) in [6.45, 7) is 0.748. The first-order valence-corrected chi connectivity index (χ1v) is 8.50. The van der Waals surface area contributed by atoms with Crippen LogP contribution in [-0.4, -0.2) is 23.8 Å². The summed E-state index contributed by atoms with van der Waals surface area (Å²) in [5.74, 6) is 5.79. The van der Waals surface area contributed by atoms with Gasteiger partial charge in [-0.15, -0.1) is 0 Å². The van der Waals surface area contributed by atoms with E-state index in [2.05, 4.69) is 22.1 Å². The number of pyridine rings is 1. The average molecular weight is 352 g/mol. The number of halogens is 1. The van der Waals surface area contributed by atoms with E-state index in [-0.39, 0.29) is 11.9 Å². The standard InChI is InChI=1S/C20H17FN2O3/c21-16-4-1-3-14(10-16)19-18(23-20(24)26-19)15-9-13(11-22-12-15)6-7-17-5-2-8-25-17/h1,3-4,9-12,17-19H,2,5,8H2,(H,23,24)/t17?,18-,19-/m1/s1. The van der Waals surface area contributed by atoms with Gasteiger partial charge >= 0.3 is 6.09 Å². The molecular formula is C20H17FN2O3. The predicted octanol–water partition coefficient (Wildman–Crippen LogP) is 3.27. The van der Waals surface area contributed by atoms with Crippen LogP contribution in [0, 0.1) is 17.7 Å². The van der Waals surface area contributed by atoms with Gasteiger partial charge in [0.1, 0.15) is 18.0 Å². The maximum Gasteiger partial charge on any atom is 0.408 e. The first-order valence-electron chi connectivity index (χ1n) is 8.50. The fourth-order valence-corrected chi connectivity index (χ4v) is 3.17. The van der Waals surface area contributed by atoms with Crippen LogP contribution in [0.15, 0.2) is 42.7 Å². The molecule has 1 aromatic heterocycles. The zero-order valence-corrected chi connectivity index (χ0v) is 13.9. The van der Waals surface area contributed by atoms with E-state index in [0.29, 0.717) is 5.56 Å². The smallest absolute Gasteiger partial charge is 0.408 e. The molecule has 1 N–H and O–H groups in total. The number of alkyl carbamates (subject to hydrolysis) is 1. The van der Waals surface area contributed by atoms with Crippen LogP contribution in [0.1, 0.15) is 41.7 Å². The number of ether oxygens (including phenoxy) is 2. The van der Waals surface area contributed by atoms with E-state index in [0.717, 1.165) is 30.6 Å². The molecule has 2 aliphatic heterocycles. The fraction of sp³-hybridized carbons (Fsp3) is 0.300. The van der Waals surface area contributed by atoms with Gasteiger partial charge in [0.25, 0.3) is 0 Å². The third-order valence-corrected chi connectivity index (χ3v) is 4.41. The van der Waals surface area contributed by atoms with Gasteiger partial charge in [-0.3, -0.25) is 4.98 Å². The maximum atomic E-state index is 13.6. The van der Waals surface area contributed by atoms with E-state index < -0.39 is 18.2 Å². The maximum absolute atomic E-state index is 13.6. The van der Waals surface area contributed by atoms with Gasteiger partial charge < -0.3 is 14.8 Å². The summed E-state index contributed by atoms with van der Waals surface area (Å²) in [6, 6.07) is 7.45. The lowest BCUT2D eigenvalue weighted by Gasteiger charge is -2.17. The number of carbonyl (C=O) groups is 1. The van der Waals surface area contributed by atoms with Crippen molar-refractivity contribution in [2.45, 2.75) is 31.1 Å². The van der Waals surface area contributed by atoms with Crippen LogP contribution in [0.5, 0.6) is 0 Å². The number of hydrogen-bond acceptors (Lipinski definition) is 4. The molecule has 1 amide bonds. The monoisotopic (exact) mass is 352 g/mol. The zero-order chi connectivity index (χ0) is 17.9. The van der Waals surface area contributed by atoms with Crippen molar-refractivity contribution in [2.75, 3.05) is 6.61 Å². The Hall–Kier alpha value is -2.91. The highest BCUT2D eigenvalue weighted by molar-refractivity contribution is 5.71. The first-order chi connectivity index (χ1) is 12.7. The first kappa shape index (κ1) is 16.6. The van der Waals surface area contributed by atoms with E-state index in [9.17, 15) is 9.18 Å². The highest BCUT2D eigenvalue weighted by atomic mass is 19.1. The molecule has 6 heteroatoms. The minimum Gasteiger partial charge on any atom is -0.439 e. The van der Waals surface area contributed by atoms with Crippen molar-refractivity contribution in [3.8, 4) is 11.8 Å². The van der Waals surface area contributed by atoms with E-state index in [1.54, 1.807) is 24.5 Å². The van der Waals surface area contributed by atoms with Crippen molar-refractivity contribution in [2.24, 2.45) is 0 Å². The number of amides is 1. The van der Waals surface area contributed by atoms with E-state index in [4.69, 9.17) is 9.47 Å². The van der Waals surface area contributed by atoms with Crippen molar-refractivity contribution in [3.05, 3.63) is 65.2 Å². The van der Waals surface area contributed by atoms with Gasteiger partial charge in [-0.25, -0.2) is 9.18 Å². The molecule has 0 saturated carbocycles. The molecule has 0 radical (unpaired) electrons. The van der Waals surface area contributed by atoms with Crippen molar-refractivity contribution in [1.82, 2.24) is 10.3 Å². The third-order valence-electron chi connectivity index (χ3n) is 4.41. The molecule has 2 saturated heterocycles. The van der Waals surface area contributed by atoms with Crippen LogP contribution in [0.4, 0.5) is 9.18 Å². The molecule has 132 valence electrons. The number of rotatable bonds is 2. The summed E-state index contributed by atoms with van der Waals surface area (Å²) in [5.41, 5.74) is 2.07. The molecule has 5 nitrogen and oxygen atoms in total. The minimum absolute atomic E-state index is 0.0341. The normalized spacial score (nSPS) is 24.5. The van der Waals surface area contributed by atoms with Gasteiger partial charge in [0.2, 0.25) is 0 Å². The Morgan fingerprint density at radius 3 is 2.96 bits per heavy atom. The SMILES string of the molecule is O=C1N[C@H](c2cncc(C#CC3CCCO3)c2)[C@@H](c2cccc(F)c2)O1. The molecule has 0 spiro atoms. The highest BCUT2D eigenvalue weighted by Gasteiger charge is 2.36. The highest BCUT2D eigenvalue weighted by Crippen LogP contribution is 2.36. The lowest BCUT2D eigenvalue weighted by molar-refractivity contribution is 0.132. The van der Waals surface area contributed by atoms with Crippen molar-refractivity contribution < 1.29 is 18.7 Å². The summed E-state index contributed by atoms with van der Waals surface area (Å²) >= 11 is 0. The van der Waals surface area contributed by atoms with Gasteiger partial charge in [0.05, 0.1) is 0 Å².